The predicted octanol–water partition coefficient (Wildman–Crippen LogP) is 4.12. The van der Waals surface area contributed by atoms with E-state index in [4.69, 9.17) is 5.73 Å². The minimum absolute atomic E-state index is 0.165. The Morgan fingerprint density at radius 1 is 1.35 bits per heavy atom. The summed E-state index contributed by atoms with van der Waals surface area (Å²) in [6.45, 7) is 6.37. The van der Waals surface area contributed by atoms with Gasteiger partial charge in [0.1, 0.15) is 0 Å². The summed E-state index contributed by atoms with van der Waals surface area (Å²) in [6, 6.07) is 5.65. The first-order valence-corrected chi connectivity index (χ1v) is 7.60. The molecule has 0 unspecified atom stereocenters. The molecule has 1 aliphatic carbocycles. The van der Waals surface area contributed by atoms with Gasteiger partial charge in [-0.05, 0) is 55.9 Å². The van der Waals surface area contributed by atoms with E-state index < -0.39 is 0 Å². The molecule has 0 atom stereocenters. The number of nitrogens with one attached hydrogen (secondary N) is 1. The molecule has 2 rings (SSSR count). The normalized spacial score (nSPS) is 17.4. The number of amides is 1. The number of carbonyl (C=O) groups is 1. The van der Waals surface area contributed by atoms with Crippen LogP contribution in [0, 0.1) is 18.3 Å². The van der Waals surface area contributed by atoms with Crippen molar-refractivity contribution in [2.75, 3.05) is 11.1 Å². The van der Waals surface area contributed by atoms with Crippen molar-refractivity contribution in [2.24, 2.45) is 11.3 Å². The number of anilines is 2. The molecule has 1 amide bonds. The van der Waals surface area contributed by atoms with Crippen molar-refractivity contribution in [2.45, 2.75) is 52.9 Å². The van der Waals surface area contributed by atoms with Crippen molar-refractivity contribution in [3.8, 4) is 0 Å². The molecule has 0 spiro atoms. The van der Waals surface area contributed by atoms with Crippen LogP contribution in [0.1, 0.15) is 51.5 Å². The second kappa shape index (κ2) is 5.86. The molecule has 1 aromatic rings. The van der Waals surface area contributed by atoms with Gasteiger partial charge in [0, 0.05) is 16.8 Å². The molecule has 0 bridgehead atoms. The fourth-order valence-corrected chi connectivity index (χ4v) is 3.44. The van der Waals surface area contributed by atoms with Gasteiger partial charge in [0.2, 0.25) is 5.91 Å². The lowest BCUT2D eigenvalue weighted by Gasteiger charge is -2.29. The molecule has 1 fully saturated rings. The number of hydrogen-bond acceptors (Lipinski definition) is 2. The summed E-state index contributed by atoms with van der Waals surface area (Å²) in [5.74, 6) is 0.739. The van der Waals surface area contributed by atoms with Crippen LogP contribution in [0.2, 0.25) is 0 Å². The van der Waals surface area contributed by atoms with Gasteiger partial charge in [0.05, 0.1) is 0 Å². The zero-order chi connectivity index (χ0) is 14.8. The van der Waals surface area contributed by atoms with Crippen LogP contribution in [-0.2, 0) is 4.79 Å². The third kappa shape index (κ3) is 3.14. The first kappa shape index (κ1) is 14.9. The first-order chi connectivity index (χ1) is 9.43. The lowest BCUT2D eigenvalue weighted by atomic mass is 9.77. The number of aryl methyl sites for hydroxylation is 1. The van der Waals surface area contributed by atoms with E-state index in [9.17, 15) is 4.79 Å². The van der Waals surface area contributed by atoms with Crippen LogP contribution in [0.3, 0.4) is 0 Å². The molecule has 0 heterocycles. The lowest BCUT2D eigenvalue weighted by Crippen LogP contribution is -2.35. The third-order valence-electron chi connectivity index (χ3n) is 4.34. The smallest absolute Gasteiger partial charge is 0.230 e. The topological polar surface area (TPSA) is 55.1 Å². The van der Waals surface area contributed by atoms with Crippen LogP contribution in [0.4, 0.5) is 11.4 Å². The molecule has 3 nitrogen and oxygen atoms in total. The van der Waals surface area contributed by atoms with Crippen molar-refractivity contribution >= 4 is 17.3 Å². The molecule has 1 aromatic carbocycles. The maximum Gasteiger partial charge on any atom is 0.230 e. The van der Waals surface area contributed by atoms with Crippen LogP contribution < -0.4 is 11.1 Å². The molecule has 20 heavy (non-hydrogen) atoms. The molecule has 110 valence electrons. The highest BCUT2D eigenvalue weighted by Crippen LogP contribution is 2.44. The zero-order valence-corrected chi connectivity index (χ0v) is 12.8. The summed E-state index contributed by atoms with van der Waals surface area (Å²) in [5.41, 5.74) is 8.24. The fraction of sp³-hybridized carbons (Fsp3) is 0.588. The maximum atomic E-state index is 12.8. The van der Waals surface area contributed by atoms with Gasteiger partial charge >= 0.3 is 0 Å². The van der Waals surface area contributed by atoms with Gasteiger partial charge in [-0.3, -0.25) is 4.79 Å². The number of nitrogen functional groups attached to an aromatic ring is 1. The average Bonchev–Trinajstić information content (AvgIpc) is 2.81. The second-order valence-corrected chi connectivity index (χ2v) is 6.61. The number of carbonyl (C=O) groups excluding carboxylic acids is 1. The zero-order valence-electron chi connectivity index (χ0n) is 12.8. The van der Waals surface area contributed by atoms with Crippen molar-refractivity contribution in [3.63, 3.8) is 0 Å². The number of hydrogen-bond donors (Lipinski definition) is 2. The standard InChI is InChI=1S/C17H26N2O/c1-12(2)11-17(8-4-5-9-17)16(20)19-15-7-6-14(18)10-13(15)3/h6-7,10,12H,4-5,8-9,11,18H2,1-3H3,(H,19,20). The Bertz CT molecular complexity index is 488. The molecule has 3 heteroatoms. The largest absolute Gasteiger partial charge is 0.399 e. The van der Waals surface area contributed by atoms with Gasteiger partial charge in [0.15, 0.2) is 0 Å². The SMILES string of the molecule is Cc1cc(N)ccc1NC(=O)C1(CC(C)C)CCCC1. The van der Waals surface area contributed by atoms with Gasteiger partial charge in [-0.1, -0.05) is 26.7 Å². The minimum atomic E-state index is -0.165. The van der Waals surface area contributed by atoms with Crippen LogP contribution in [0.25, 0.3) is 0 Å². The Balaban J connectivity index is 2.16. The summed E-state index contributed by atoms with van der Waals surface area (Å²) < 4.78 is 0. The molecular formula is C17H26N2O. The molecule has 0 aliphatic heterocycles. The summed E-state index contributed by atoms with van der Waals surface area (Å²) in [4.78, 5) is 12.8. The van der Waals surface area contributed by atoms with Crippen LogP contribution in [-0.4, -0.2) is 5.91 Å². The van der Waals surface area contributed by atoms with Crippen molar-refractivity contribution in [1.29, 1.82) is 0 Å². The van der Waals surface area contributed by atoms with E-state index in [1.165, 1.54) is 12.8 Å². The Hall–Kier alpha value is -1.51. The van der Waals surface area contributed by atoms with Gasteiger partial charge in [-0.25, -0.2) is 0 Å². The molecule has 0 aromatic heterocycles. The monoisotopic (exact) mass is 274 g/mol. The van der Waals surface area contributed by atoms with E-state index in [-0.39, 0.29) is 11.3 Å². The molecule has 0 saturated heterocycles. The Morgan fingerprint density at radius 2 is 2.00 bits per heavy atom. The molecule has 1 aliphatic rings. The van der Waals surface area contributed by atoms with E-state index >= 15 is 0 Å². The fourth-order valence-electron chi connectivity index (χ4n) is 3.44. The van der Waals surface area contributed by atoms with Crippen molar-refractivity contribution in [1.82, 2.24) is 0 Å². The number of nitrogens with two attached hydrogens (primary N) is 1. The van der Waals surface area contributed by atoms with E-state index in [1.54, 1.807) is 0 Å². The first-order valence-electron chi connectivity index (χ1n) is 7.60. The van der Waals surface area contributed by atoms with E-state index in [0.29, 0.717) is 5.92 Å². The summed E-state index contributed by atoms with van der Waals surface area (Å²) in [5, 5.41) is 3.13. The Kier molecular flexibility index (Phi) is 4.36. The maximum absolute atomic E-state index is 12.8. The molecule has 0 radical (unpaired) electrons. The molecule has 3 N–H and O–H groups in total. The van der Waals surface area contributed by atoms with Crippen molar-refractivity contribution in [3.05, 3.63) is 23.8 Å². The second-order valence-electron chi connectivity index (χ2n) is 6.61. The molecular weight excluding hydrogens is 248 g/mol. The van der Waals surface area contributed by atoms with Gasteiger partial charge < -0.3 is 11.1 Å². The van der Waals surface area contributed by atoms with Gasteiger partial charge in [-0.2, -0.15) is 0 Å². The highest BCUT2D eigenvalue weighted by molar-refractivity contribution is 5.96. The van der Waals surface area contributed by atoms with E-state index in [0.717, 1.165) is 36.2 Å². The number of benzene rings is 1. The summed E-state index contributed by atoms with van der Waals surface area (Å²) in [6.07, 6.45) is 5.35. The highest BCUT2D eigenvalue weighted by atomic mass is 16.2. The van der Waals surface area contributed by atoms with E-state index in [2.05, 4.69) is 19.2 Å². The highest BCUT2D eigenvalue weighted by Gasteiger charge is 2.41. The third-order valence-corrected chi connectivity index (χ3v) is 4.34. The summed E-state index contributed by atoms with van der Waals surface area (Å²) >= 11 is 0. The van der Waals surface area contributed by atoms with Crippen LogP contribution in [0.5, 0.6) is 0 Å². The van der Waals surface area contributed by atoms with Crippen LogP contribution in [0.15, 0.2) is 18.2 Å². The van der Waals surface area contributed by atoms with E-state index in [1.807, 2.05) is 25.1 Å². The average molecular weight is 274 g/mol. The number of rotatable bonds is 4. The summed E-state index contributed by atoms with van der Waals surface area (Å²) in [7, 11) is 0. The van der Waals surface area contributed by atoms with Gasteiger partial charge in [0.25, 0.3) is 0 Å². The van der Waals surface area contributed by atoms with Gasteiger partial charge in [-0.15, -0.1) is 0 Å². The molecule has 1 saturated carbocycles. The Labute approximate surface area is 121 Å². The van der Waals surface area contributed by atoms with Crippen LogP contribution >= 0.6 is 0 Å². The van der Waals surface area contributed by atoms with Crippen molar-refractivity contribution < 1.29 is 4.79 Å². The minimum Gasteiger partial charge on any atom is -0.399 e. The Morgan fingerprint density at radius 3 is 2.55 bits per heavy atom. The lowest BCUT2D eigenvalue weighted by molar-refractivity contribution is -0.126. The predicted molar refractivity (Wildman–Crippen MR) is 84.6 cm³/mol. The quantitative estimate of drug-likeness (QED) is 0.811.